The molecule has 0 bridgehead atoms. The third kappa shape index (κ3) is 2.40. The fourth-order valence-corrected chi connectivity index (χ4v) is 4.67. The first-order valence-corrected chi connectivity index (χ1v) is 8.24. The molecule has 2 saturated heterocycles. The summed E-state index contributed by atoms with van der Waals surface area (Å²) in [5.41, 5.74) is 0. The lowest BCUT2D eigenvalue weighted by Crippen LogP contribution is -2.33. The van der Waals surface area contributed by atoms with E-state index in [1.54, 1.807) is 0 Å². The van der Waals surface area contributed by atoms with Gasteiger partial charge in [0.05, 0.1) is 0 Å². The molecule has 8 nitrogen and oxygen atoms in total. The lowest BCUT2D eigenvalue weighted by atomic mass is 9.93. The predicted octanol–water partition coefficient (Wildman–Crippen LogP) is -0.382. The van der Waals surface area contributed by atoms with Gasteiger partial charge in [0, 0.05) is 0 Å². The Hall–Kier alpha value is -0.260. The molecule has 4 unspecified atom stereocenters. The summed E-state index contributed by atoms with van der Waals surface area (Å²) in [5.74, 6) is 0. The van der Waals surface area contributed by atoms with Gasteiger partial charge in [-0.15, -0.1) is 0 Å². The Kier molecular flexibility index (Phi) is 2.92. The summed E-state index contributed by atoms with van der Waals surface area (Å²) in [4.78, 5) is 0. The van der Waals surface area contributed by atoms with Crippen LogP contribution in [0.1, 0.15) is 25.7 Å². The predicted molar refractivity (Wildman–Crippen MR) is 55.8 cm³/mol. The fourth-order valence-electron chi connectivity index (χ4n) is 2.49. The van der Waals surface area contributed by atoms with Crippen LogP contribution in [0.5, 0.6) is 0 Å². The highest BCUT2D eigenvalue weighted by atomic mass is 32.3. The minimum absolute atomic E-state index is 0.351. The van der Waals surface area contributed by atoms with Crippen molar-refractivity contribution in [1.29, 1.82) is 0 Å². The van der Waals surface area contributed by atoms with E-state index in [0.717, 1.165) is 0 Å². The standard InChI is InChI=1S/C8H12O8S2/c9-17(10)13-5-1-2-6-8(4-3-7(5)15-17)16-18(11,12)14-6/h5-8H,1-4H2. The number of hydrogen-bond donors (Lipinski definition) is 0. The van der Waals surface area contributed by atoms with E-state index >= 15 is 0 Å². The van der Waals surface area contributed by atoms with Gasteiger partial charge in [-0.25, -0.2) is 16.7 Å². The van der Waals surface area contributed by atoms with Crippen molar-refractivity contribution in [2.45, 2.75) is 50.1 Å². The Balaban J connectivity index is 1.76. The van der Waals surface area contributed by atoms with Crippen molar-refractivity contribution < 1.29 is 33.6 Å². The molecule has 1 aliphatic carbocycles. The maximum atomic E-state index is 11.2. The van der Waals surface area contributed by atoms with Crippen LogP contribution in [0.15, 0.2) is 0 Å². The maximum Gasteiger partial charge on any atom is 0.400 e. The smallest absolute Gasteiger partial charge is 0.242 e. The van der Waals surface area contributed by atoms with Crippen molar-refractivity contribution in [1.82, 2.24) is 0 Å². The summed E-state index contributed by atoms with van der Waals surface area (Å²) >= 11 is 0. The van der Waals surface area contributed by atoms with Crippen molar-refractivity contribution in [3.8, 4) is 0 Å². The molecule has 18 heavy (non-hydrogen) atoms. The number of fused-ring (bicyclic) bond motifs is 2. The van der Waals surface area contributed by atoms with Crippen LogP contribution in [0.25, 0.3) is 0 Å². The quantitative estimate of drug-likeness (QED) is 0.596. The molecule has 4 atom stereocenters. The normalized spacial score (nSPS) is 45.8. The molecule has 104 valence electrons. The van der Waals surface area contributed by atoms with Gasteiger partial charge in [0.25, 0.3) is 0 Å². The molecule has 2 heterocycles. The molecule has 0 amide bonds. The lowest BCUT2D eigenvalue weighted by Gasteiger charge is -2.22. The fraction of sp³-hybridized carbons (Fsp3) is 1.00. The van der Waals surface area contributed by atoms with Gasteiger partial charge in [-0.05, 0) is 25.7 Å². The summed E-state index contributed by atoms with van der Waals surface area (Å²) in [6.45, 7) is 0. The SMILES string of the molecule is O=S1(=O)OC2CCC3OS(=O)(=O)OC3CCC2O1. The van der Waals surface area contributed by atoms with E-state index in [2.05, 4.69) is 0 Å². The van der Waals surface area contributed by atoms with Gasteiger partial charge < -0.3 is 0 Å². The minimum Gasteiger partial charge on any atom is -0.242 e. The summed E-state index contributed by atoms with van der Waals surface area (Å²) in [6, 6.07) is 0. The Morgan fingerprint density at radius 2 is 0.778 bits per heavy atom. The molecular formula is C8H12O8S2. The molecule has 0 spiro atoms. The molecule has 0 radical (unpaired) electrons. The van der Waals surface area contributed by atoms with Gasteiger partial charge in [0.2, 0.25) is 0 Å². The molecule has 1 saturated carbocycles. The average Bonchev–Trinajstić information content (AvgIpc) is 2.67. The van der Waals surface area contributed by atoms with Crippen molar-refractivity contribution in [3.05, 3.63) is 0 Å². The molecule has 0 aromatic rings. The van der Waals surface area contributed by atoms with Crippen molar-refractivity contribution in [2.24, 2.45) is 0 Å². The second-order valence-electron chi connectivity index (χ2n) is 4.51. The minimum atomic E-state index is -3.91. The second-order valence-corrected chi connectivity index (χ2v) is 6.91. The Labute approximate surface area is 105 Å². The highest BCUT2D eigenvalue weighted by Gasteiger charge is 2.47. The van der Waals surface area contributed by atoms with Gasteiger partial charge in [-0.2, -0.15) is 16.8 Å². The van der Waals surface area contributed by atoms with Crippen LogP contribution in [0, 0.1) is 0 Å². The van der Waals surface area contributed by atoms with Crippen LogP contribution in [0.3, 0.4) is 0 Å². The van der Waals surface area contributed by atoms with Crippen LogP contribution in [0.2, 0.25) is 0 Å². The third-order valence-corrected chi connectivity index (χ3v) is 5.20. The van der Waals surface area contributed by atoms with Gasteiger partial charge in [0.1, 0.15) is 24.4 Å². The molecule has 0 aromatic carbocycles. The summed E-state index contributed by atoms with van der Waals surface area (Å²) in [6.07, 6.45) is -0.863. The Morgan fingerprint density at radius 3 is 1.00 bits per heavy atom. The molecule has 0 aromatic heterocycles. The summed E-state index contributed by atoms with van der Waals surface area (Å²) < 4.78 is 63.8. The van der Waals surface area contributed by atoms with E-state index < -0.39 is 45.2 Å². The van der Waals surface area contributed by atoms with Crippen LogP contribution in [0.4, 0.5) is 0 Å². The Morgan fingerprint density at radius 1 is 0.556 bits per heavy atom. The first-order valence-electron chi connectivity index (χ1n) is 5.58. The zero-order valence-electron chi connectivity index (χ0n) is 9.22. The molecular weight excluding hydrogens is 288 g/mol. The summed E-state index contributed by atoms with van der Waals surface area (Å²) in [7, 11) is -7.82. The van der Waals surface area contributed by atoms with E-state index in [1.165, 1.54) is 0 Å². The number of hydrogen-bond acceptors (Lipinski definition) is 8. The molecule has 2 aliphatic heterocycles. The van der Waals surface area contributed by atoms with E-state index in [9.17, 15) is 16.8 Å². The molecule has 3 rings (SSSR count). The highest BCUT2D eigenvalue weighted by Crippen LogP contribution is 2.36. The van der Waals surface area contributed by atoms with E-state index in [1.807, 2.05) is 0 Å². The zero-order chi connectivity index (χ0) is 13.0. The molecule has 10 heteroatoms. The van der Waals surface area contributed by atoms with Gasteiger partial charge >= 0.3 is 20.8 Å². The molecule has 3 fully saturated rings. The number of rotatable bonds is 0. The van der Waals surface area contributed by atoms with E-state index in [-0.39, 0.29) is 0 Å². The topological polar surface area (TPSA) is 105 Å². The van der Waals surface area contributed by atoms with Crippen molar-refractivity contribution >= 4 is 20.8 Å². The van der Waals surface area contributed by atoms with Gasteiger partial charge in [-0.1, -0.05) is 0 Å². The van der Waals surface area contributed by atoms with Gasteiger partial charge in [-0.3, -0.25) is 0 Å². The lowest BCUT2D eigenvalue weighted by molar-refractivity contribution is 0.0620. The Bertz CT molecular complexity index is 451. The highest BCUT2D eigenvalue weighted by molar-refractivity contribution is 7.82. The molecule has 3 aliphatic rings. The van der Waals surface area contributed by atoms with Crippen LogP contribution in [-0.4, -0.2) is 41.3 Å². The third-order valence-electron chi connectivity index (χ3n) is 3.27. The van der Waals surface area contributed by atoms with Crippen LogP contribution >= 0.6 is 0 Å². The first kappa shape index (κ1) is 12.8. The van der Waals surface area contributed by atoms with E-state index in [4.69, 9.17) is 16.7 Å². The summed E-state index contributed by atoms with van der Waals surface area (Å²) in [5, 5.41) is 0. The second kappa shape index (κ2) is 4.12. The molecule has 0 N–H and O–H groups in total. The zero-order valence-corrected chi connectivity index (χ0v) is 10.9. The first-order chi connectivity index (χ1) is 8.35. The maximum absolute atomic E-state index is 11.2. The van der Waals surface area contributed by atoms with Crippen LogP contribution < -0.4 is 0 Å². The average molecular weight is 300 g/mol. The van der Waals surface area contributed by atoms with E-state index in [0.29, 0.717) is 25.7 Å². The largest absolute Gasteiger partial charge is 0.400 e. The monoisotopic (exact) mass is 300 g/mol. The van der Waals surface area contributed by atoms with Crippen molar-refractivity contribution in [3.63, 3.8) is 0 Å². The van der Waals surface area contributed by atoms with Crippen molar-refractivity contribution in [2.75, 3.05) is 0 Å². The van der Waals surface area contributed by atoms with Gasteiger partial charge in [0.15, 0.2) is 0 Å². The van der Waals surface area contributed by atoms with Crippen LogP contribution in [-0.2, 0) is 37.5 Å².